The van der Waals surface area contributed by atoms with Crippen molar-refractivity contribution in [3.05, 3.63) is 0 Å². The number of carboxylic acid groups (broad SMARTS) is 1. The first-order valence-corrected chi connectivity index (χ1v) is 6.39. The van der Waals surface area contributed by atoms with Crippen molar-refractivity contribution < 1.29 is 14.7 Å². The second-order valence-electron chi connectivity index (χ2n) is 5.02. The van der Waals surface area contributed by atoms with E-state index in [1.165, 1.54) is 4.90 Å². The van der Waals surface area contributed by atoms with Gasteiger partial charge in [0.1, 0.15) is 6.54 Å². The molecule has 0 aliphatic heterocycles. The maximum absolute atomic E-state index is 12.2. The molecule has 2 fully saturated rings. The Labute approximate surface area is 101 Å². The van der Waals surface area contributed by atoms with Crippen LogP contribution in [0.1, 0.15) is 32.6 Å². The van der Waals surface area contributed by atoms with E-state index in [1.54, 1.807) is 0 Å². The van der Waals surface area contributed by atoms with Crippen LogP contribution in [0.5, 0.6) is 0 Å². The average Bonchev–Trinajstić information content (AvgIpc) is 3.11. The van der Waals surface area contributed by atoms with Crippen molar-refractivity contribution in [2.24, 2.45) is 5.92 Å². The molecule has 2 amide bonds. The van der Waals surface area contributed by atoms with E-state index >= 15 is 0 Å². The van der Waals surface area contributed by atoms with Gasteiger partial charge in [-0.1, -0.05) is 0 Å². The van der Waals surface area contributed by atoms with Crippen molar-refractivity contribution in [3.63, 3.8) is 0 Å². The third-order valence-electron chi connectivity index (χ3n) is 3.35. The molecule has 0 bridgehead atoms. The van der Waals surface area contributed by atoms with Gasteiger partial charge in [0.15, 0.2) is 0 Å². The Morgan fingerprint density at radius 3 is 2.29 bits per heavy atom. The lowest BCUT2D eigenvalue weighted by Crippen LogP contribution is -2.47. The van der Waals surface area contributed by atoms with Crippen LogP contribution in [0.3, 0.4) is 0 Å². The number of carbonyl (C=O) groups excluding carboxylic acids is 1. The predicted molar refractivity (Wildman–Crippen MR) is 62.7 cm³/mol. The molecule has 0 aromatic heterocycles. The third kappa shape index (κ3) is 3.35. The van der Waals surface area contributed by atoms with Crippen molar-refractivity contribution in [2.75, 3.05) is 19.6 Å². The summed E-state index contributed by atoms with van der Waals surface area (Å²) in [5, 5.41) is 8.86. The summed E-state index contributed by atoms with van der Waals surface area (Å²) in [4.78, 5) is 26.4. The van der Waals surface area contributed by atoms with E-state index in [2.05, 4.69) is 0 Å². The maximum atomic E-state index is 12.2. The fourth-order valence-electron chi connectivity index (χ4n) is 2.10. The first-order chi connectivity index (χ1) is 8.11. The lowest BCUT2D eigenvalue weighted by molar-refractivity contribution is -0.137. The van der Waals surface area contributed by atoms with Crippen molar-refractivity contribution in [1.29, 1.82) is 0 Å². The third-order valence-corrected chi connectivity index (χ3v) is 3.35. The Kier molecular flexibility index (Phi) is 3.54. The summed E-state index contributed by atoms with van der Waals surface area (Å²) in [5.41, 5.74) is 0. The molecule has 1 N–H and O–H groups in total. The molecule has 2 saturated carbocycles. The Balaban J connectivity index is 1.95. The van der Waals surface area contributed by atoms with E-state index in [4.69, 9.17) is 5.11 Å². The molecule has 0 aromatic carbocycles. The van der Waals surface area contributed by atoms with Crippen LogP contribution >= 0.6 is 0 Å². The van der Waals surface area contributed by atoms with Crippen molar-refractivity contribution >= 4 is 12.0 Å². The molecule has 0 radical (unpaired) electrons. The fourth-order valence-corrected chi connectivity index (χ4v) is 2.10. The number of hydrogen-bond donors (Lipinski definition) is 1. The summed E-state index contributed by atoms with van der Waals surface area (Å²) in [6.07, 6.45) is 4.37. The monoisotopic (exact) mass is 240 g/mol. The summed E-state index contributed by atoms with van der Waals surface area (Å²) >= 11 is 0. The normalized spacial score (nSPS) is 18.9. The number of carbonyl (C=O) groups is 2. The van der Waals surface area contributed by atoms with Gasteiger partial charge in [-0.2, -0.15) is 0 Å². The summed E-state index contributed by atoms with van der Waals surface area (Å²) < 4.78 is 0. The molecule has 0 atom stereocenters. The van der Waals surface area contributed by atoms with E-state index in [1.807, 2.05) is 11.8 Å². The molecular formula is C12H20N2O3. The second-order valence-corrected chi connectivity index (χ2v) is 5.02. The molecule has 0 saturated heterocycles. The molecule has 5 heteroatoms. The number of hydrogen-bond acceptors (Lipinski definition) is 2. The van der Waals surface area contributed by atoms with E-state index < -0.39 is 5.97 Å². The number of carboxylic acids is 1. The van der Waals surface area contributed by atoms with E-state index in [9.17, 15) is 9.59 Å². The minimum atomic E-state index is -0.925. The van der Waals surface area contributed by atoms with Crippen LogP contribution in [-0.4, -0.2) is 52.6 Å². The largest absolute Gasteiger partial charge is 0.480 e. The van der Waals surface area contributed by atoms with Crippen LogP contribution in [0.25, 0.3) is 0 Å². The zero-order chi connectivity index (χ0) is 12.4. The van der Waals surface area contributed by atoms with Crippen LogP contribution in [0.4, 0.5) is 4.79 Å². The first kappa shape index (κ1) is 12.2. The van der Waals surface area contributed by atoms with Crippen LogP contribution in [0.2, 0.25) is 0 Å². The van der Waals surface area contributed by atoms with Crippen LogP contribution in [0.15, 0.2) is 0 Å². The number of urea groups is 1. The summed E-state index contributed by atoms with van der Waals surface area (Å²) in [6.45, 7) is 3.06. The molecule has 0 spiro atoms. The number of rotatable bonds is 6. The second kappa shape index (κ2) is 4.94. The molecule has 0 heterocycles. The van der Waals surface area contributed by atoms with Gasteiger partial charge in [0.25, 0.3) is 0 Å². The number of nitrogens with zero attached hydrogens (tertiary/aromatic N) is 2. The molecule has 0 aromatic rings. The van der Waals surface area contributed by atoms with Crippen LogP contribution in [-0.2, 0) is 4.79 Å². The lowest BCUT2D eigenvalue weighted by Gasteiger charge is -2.29. The van der Waals surface area contributed by atoms with Gasteiger partial charge in [0, 0.05) is 19.1 Å². The molecule has 17 heavy (non-hydrogen) atoms. The smallest absolute Gasteiger partial charge is 0.323 e. The molecule has 96 valence electrons. The Morgan fingerprint density at radius 1 is 1.24 bits per heavy atom. The van der Waals surface area contributed by atoms with Crippen molar-refractivity contribution in [1.82, 2.24) is 9.80 Å². The van der Waals surface area contributed by atoms with Gasteiger partial charge in [-0.05, 0) is 38.5 Å². The zero-order valence-corrected chi connectivity index (χ0v) is 10.3. The van der Waals surface area contributed by atoms with Gasteiger partial charge in [-0.3, -0.25) is 4.79 Å². The van der Waals surface area contributed by atoms with Crippen LogP contribution in [0, 0.1) is 5.92 Å². The molecule has 2 rings (SSSR count). The van der Waals surface area contributed by atoms with Crippen LogP contribution < -0.4 is 0 Å². The standard InChI is InChI=1S/C12H20N2O3/c1-2-14(10-5-6-10)12(17)13(8-11(15)16)7-9-3-4-9/h9-10H,2-8H2,1H3,(H,15,16). The maximum Gasteiger partial charge on any atom is 0.323 e. The van der Waals surface area contributed by atoms with E-state index in [0.29, 0.717) is 25.0 Å². The van der Waals surface area contributed by atoms with Gasteiger partial charge in [-0.25, -0.2) is 4.79 Å². The zero-order valence-electron chi connectivity index (χ0n) is 10.3. The predicted octanol–water partition coefficient (Wildman–Crippen LogP) is 1.39. The topological polar surface area (TPSA) is 60.9 Å². The molecule has 2 aliphatic rings. The fraction of sp³-hybridized carbons (Fsp3) is 0.833. The quantitative estimate of drug-likeness (QED) is 0.763. The molecule has 2 aliphatic carbocycles. The Hall–Kier alpha value is -1.26. The summed E-state index contributed by atoms with van der Waals surface area (Å²) in [6, 6.07) is 0.257. The minimum absolute atomic E-state index is 0.0932. The average molecular weight is 240 g/mol. The van der Waals surface area contributed by atoms with Gasteiger partial charge in [0.2, 0.25) is 0 Å². The summed E-state index contributed by atoms with van der Waals surface area (Å²) in [7, 11) is 0. The number of amides is 2. The van der Waals surface area contributed by atoms with Gasteiger partial charge < -0.3 is 14.9 Å². The molecule has 5 nitrogen and oxygen atoms in total. The minimum Gasteiger partial charge on any atom is -0.480 e. The van der Waals surface area contributed by atoms with E-state index in [-0.39, 0.29) is 12.6 Å². The lowest BCUT2D eigenvalue weighted by atomic mass is 10.3. The van der Waals surface area contributed by atoms with Gasteiger partial charge >= 0.3 is 12.0 Å². The SMILES string of the molecule is CCN(C(=O)N(CC(=O)O)CC1CC1)C1CC1. The number of aliphatic carboxylic acids is 1. The highest BCUT2D eigenvalue weighted by atomic mass is 16.4. The van der Waals surface area contributed by atoms with Gasteiger partial charge in [0.05, 0.1) is 0 Å². The highest BCUT2D eigenvalue weighted by molar-refractivity contribution is 5.80. The first-order valence-electron chi connectivity index (χ1n) is 6.39. The Bertz CT molecular complexity index is 311. The molecule has 0 unspecified atom stereocenters. The van der Waals surface area contributed by atoms with Crippen molar-refractivity contribution in [2.45, 2.75) is 38.6 Å². The molecular weight excluding hydrogens is 220 g/mol. The highest BCUT2D eigenvalue weighted by Crippen LogP contribution is 2.31. The Morgan fingerprint density at radius 2 is 1.88 bits per heavy atom. The summed E-state index contributed by atoms with van der Waals surface area (Å²) in [5.74, 6) is -0.401. The highest BCUT2D eigenvalue weighted by Gasteiger charge is 2.36. The van der Waals surface area contributed by atoms with Gasteiger partial charge in [-0.15, -0.1) is 0 Å². The van der Waals surface area contributed by atoms with E-state index in [0.717, 1.165) is 25.7 Å². The van der Waals surface area contributed by atoms with Crippen molar-refractivity contribution in [3.8, 4) is 0 Å².